The van der Waals surface area contributed by atoms with Gasteiger partial charge in [-0.3, -0.25) is 0 Å². The normalized spacial score (nSPS) is 14.5. The van der Waals surface area contributed by atoms with Gasteiger partial charge in [0.1, 0.15) is 5.75 Å². The minimum atomic E-state index is -3.49. The minimum Gasteiger partial charge on any atom is -0.495 e. The highest BCUT2D eigenvalue weighted by Gasteiger charge is 2.33. The zero-order valence-electron chi connectivity index (χ0n) is 20.9. The molecule has 0 unspecified atom stereocenters. The first kappa shape index (κ1) is 25.7. The highest BCUT2D eigenvalue weighted by Crippen LogP contribution is 2.29. The topological polar surface area (TPSA) is 84.9 Å². The van der Waals surface area contributed by atoms with Crippen molar-refractivity contribution in [3.05, 3.63) is 77.9 Å². The van der Waals surface area contributed by atoms with Gasteiger partial charge in [0.05, 0.1) is 29.5 Å². The van der Waals surface area contributed by atoms with Gasteiger partial charge in [-0.2, -0.15) is 0 Å². The second kappa shape index (κ2) is 11.1. The number of amides is 2. The molecule has 0 aromatic heterocycles. The molecule has 36 heavy (non-hydrogen) atoms. The van der Waals surface area contributed by atoms with Crippen LogP contribution in [0.3, 0.4) is 0 Å². The molecule has 0 radical (unpaired) electrons. The molecule has 4 rings (SSSR count). The number of sulfone groups is 1. The molecule has 2 amide bonds. The minimum absolute atomic E-state index is 0.254. The van der Waals surface area contributed by atoms with Crippen molar-refractivity contribution in [1.29, 1.82) is 0 Å². The zero-order valence-corrected chi connectivity index (χ0v) is 21.7. The van der Waals surface area contributed by atoms with Crippen molar-refractivity contribution in [3.63, 3.8) is 0 Å². The lowest BCUT2D eigenvalue weighted by atomic mass is 10.0. The summed E-state index contributed by atoms with van der Waals surface area (Å²) < 4.78 is 37.1. The number of carbonyl (C=O) groups is 1. The van der Waals surface area contributed by atoms with E-state index in [0.717, 1.165) is 22.3 Å². The number of hydrogen-bond acceptors (Lipinski definition) is 5. The molecule has 190 valence electrons. The molecule has 8 heteroatoms. The molecular weight excluding hydrogens is 476 g/mol. The summed E-state index contributed by atoms with van der Waals surface area (Å²) in [5.41, 5.74) is 4.66. The quantitative estimate of drug-likeness (QED) is 0.469. The smallest absolute Gasteiger partial charge is 0.321 e. The van der Waals surface area contributed by atoms with E-state index in [9.17, 15) is 13.2 Å². The van der Waals surface area contributed by atoms with Gasteiger partial charge in [0, 0.05) is 20.2 Å². The number of hydrogen-bond donors (Lipinski definition) is 1. The maximum Gasteiger partial charge on any atom is 0.321 e. The lowest BCUT2D eigenvalue weighted by Gasteiger charge is -2.32. The van der Waals surface area contributed by atoms with Crippen LogP contribution in [-0.4, -0.2) is 51.9 Å². The number of urea groups is 1. The van der Waals surface area contributed by atoms with E-state index < -0.39 is 15.1 Å². The Balaban J connectivity index is 1.38. The largest absolute Gasteiger partial charge is 0.495 e. The van der Waals surface area contributed by atoms with Gasteiger partial charge < -0.3 is 19.7 Å². The Hall–Kier alpha value is -3.36. The van der Waals surface area contributed by atoms with Gasteiger partial charge in [-0.25, -0.2) is 13.2 Å². The van der Waals surface area contributed by atoms with Gasteiger partial charge in [0.15, 0.2) is 9.84 Å². The second-order valence-corrected chi connectivity index (χ2v) is 11.2. The zero-order chi connectivity index (χ0) is 25.7. The number of carbonyl (C=O) groups excluding carboxylic acids is 1. The Morgan fingerprint density at radius 1 is 0.944 bits per heavy atom. The van der Waals surface area contributed by atoms with Crippen LogP contribution in [0.2, 0.25) is 0 Å². The van der Waals surface area contributed by atoms with E-state index in [4.69, 9.17) is 9.47 Å². The number of likely N-dealkylation sites (tertiary alicyclic amines) is 1. The molecule has 1 aliphatic heterocycles. The molecule has 1 saturated heterocycles. The summed E-state index contributed by atoms with van der Waals surface area (Å²) in [5.74, 6) is 0.584. The van der Waals surface area contributed by atoms with E-state index in [1.165, 1.54) is 0 Å². The van der Waals surface area contributed by atoms with Crippen LogP contribution in [0.5, 0.6) is 5.75 Å². The van der Waals surface area contributed by atoms with Crippen molar-refractivity contribution in [2.75, 3.05) is 32.6 Å². The number of piperidine rings is 1. The van der Waals surface area contributed by atoms with E-state index in [0.29, 0.717) is 48.9 Å². The first-order valence-corrected chi connectivity index (χ1v) is 13.5. The van der Waals surface area contributed by atoms with Crippen molar-refractivity contribution in [2.45, 2.75) is 36.5 Å². The fraction of sp³-hybridized carbons (Fsp3) is 0.321. The molecular formula is C28H32N2O5S. The van der Waals surface area contributed by atoms with Gasteiger partial charge >= 0.3 is 6.03 Å². The summed E-state index contributed by atoms with van der Waals surface area (Å²) in [4.78, 5) is 14.8. The van der Waals surface area contributed by atoms with Crippen LogP contribution in [0, 0.1) is 6.92 Å². The average molecular weight is 509 g/mol. The molecule has 1 heterocycles. The van der Waals surface area contributed by atoms with Gasteiger partial charge in [0.25, 0.3) is 0 Å². The summed E-state index contributed by atoms with van der Waals surface area (Å²) in [5, 5.41) is 2.38. The predicted octanol–water partition coefficient (Wildman–Crippen LogP) is 5.29. The Morgan fingerprint density at radius 3 is 2.14 bits per heavy atom. The maximum atomic E-state index is 13.3. The predicted molar refractivity (Wildman–Crippen MR) is 141 cm³/mol. The molecule has 3 aromatic rings. The molecule has 0 bridgehead atoms. The highest BCUT2D eigenvalue weighted by atomic mass is 32.2. The number of benzene rings is 3. The molecule has 0 atom stereocenters. The summed E-state index contributed by atoms with van der Waals surface area (Å²) in [7, 11) is -0.276. The Kier molecular flexibility index (Phi) is 7.96. The van der Waals surface area contributed by atoms with Gasteiger partial charge in [0.2, 0.25) is 0 Å². The first-order chi connectivity index (χ1) is 17.3. The molecule has 3 aromatic carbocycles. The molecule has 1 aliphatic rings. The molecule has 0 spiro atoms. The van der Waals surface area contributed by atoms with Crippen molar-refractivity contribution in [3.8, 4) is 16.9 Å². The third-order valence-corrected chi connectivity index (χ3v) is 8.82. The van der Waals surface area contributed by atoms with Gasteiger partial charge in [-0.1, -0.05) is 42.5 Å². The van der Waals surface area contributed by atoms with E-state index in [-0.39, 0.29) is 6.03 Å². The van der Waals surface area contributed by atoms with Crippen molar-refractivity contribution < 1.29 is 22.7 Å². The summed E-state index contributed by atoms with van der Waals surface area (Å²) in [6, 6.07) is 20.4. The average Bonchev–Trinajstić information content (AvgIpc) is 2.89. The summed E-state index contributed by atoms with van der Waals surface area (Å²) in [6.07, 6.45) is 0.785. The number of rotatable bonds is 7. The fourth-order valence-corrected chi connectivity index (χ4v) is 6.20. The second-order valence-electron chi connectivity index (χ2n) is 9.02. The standard InChI is InChI=1S/C28H32N2O5S/c1-20-4-13-27(35-3)26(18-20)29-28(31)30-16-14-25(15-17-30)36(32,33)24-11-9-23(10-12-24)22-7-5-21(6-8-22)19-34-2/h4-13,18,25H,14-17,19H2,1-3H3,(H,29,31). The molecule has 0 aliphatic carbocycles. The molecule has 7 nitrogen and oxygen atoms in total. The first-order valence-electron chi connectivity index (χ1n) is 11.9. The van der Waals surface area contributed by atoms with Crippen molar-refractivity contribution >= 4 is 21.6 Å². The molecule has 0 saturated carbocycles. The van der Waals surface area contributed by atoms with E-state index >= 15 is 0 Å². The molecule has 1 N–H and O–H groups in total. The number of nitrogens with zero attached hydrogens (tertiary/aromatic N) is 1. The van der Waals surface area contributed by atoms with Gasteiger partial charge in [-0.15, -0.1) is 0 Å². The Labute approximate surface area is 213 Å². The van der Waals surface area contributed by atoms with Gasteiger partial charge in [-0.05, 0) is 66.3 Å². The van der Waals surface area contributed by atoms with E-state index in [2.05, 4.69) is 5.32 Å². The van der Waals surface area contributed by atoms with Crippen LogP contribution < -0.4 is 10.1 Å². The van der Waals surface area contributed by atoms with Crippen LogP contribution in [0.4, 0.5) is 10.5 Å². The Bertz CT molecular complexity index is 1300. The third-order valence-electron chi connectivity index (χ3n) is 6.55. The number of anilines is 1. The number of nitrogens with one attached hydrogen (secondary N) is 1. The number of aryl methyl sites for hydroxylation is 1. The monoisotopic (exact) mass is 508 g/mol. The van der Waals surface area contributed by atoms with Crippen LogP contribution in [0.25, 0.3) is 11.1 Å². The Morgan fingerprint density at radius 2 is 1.56 bits per heavy atom. The number of ether oxygens (including phenoxy) is 2. The third kappa shape index (κ3) is 5.71. The lowest BCUT2D eigenvalue weighted by molar-refractivity contribution is 0.185. The van der Waals surface area contributed by atoms with Crippen LogP contribution >= 0.6 is 0 Å². The van der Waals surface area contributed by atoms with Crippen molar-refractivity contribution in [1.82, 2.24) is 4.90 Å². The van der Waals surface area contributed by atoms with E-state index in [1.807, 2.05) is 61.5 Å². The highest BCUT2D eigenvalue weighted by molar-refractivity contribution is 7.92. The summed E-state index contributed by atoms with van der Waals surface area (Å²) >= 11 is 0. The van der Waals surface area contributed by atoms with Crippen LogP contribution in [0.1, 0.15) is 24.0 Å². The number of methoxy groups -OCH3 is 2. The van der Waals surface area contributed by atoms with E-state index in [1.54, 1.807) is 31.3 Å². The maximum absolute atomic E-state index is 13.3. The van der Waals surface area contributed by atoms with Crippen LogP contribution in [0.15, 0.2) is 71.6 Å². The van der Waals surface area contributed by atoms with Crippen molar-refractivity contribution in [2.24, 2.45) is 0 Å². The summed E-state index contributed by atoms with van der Waals surface area (Å²) in [6.45, 7) is 3.24. The lowest BCUT2D eigenvalue weighted by Crippen LogP contribution is -2.44. The van der Waals surface area contributed by atoms with Crippen LogP contribution in [-0.2, 0) is 21.2 Å². The fourth-order valence-electron chi connectivity index (χ4n) is 4.47. The SMILES string of the molecule is COCc1ccc(-c2ccc(S(=O)(=O)C3CCN(C(=O)Nc4cc(C)ccc4OC)CC3)cc2)cc1. The molecule has 1 fully saturated rings.